The first kappa shape index (κ1) is 18.6. The number of hydrogen-bond donors (Lipinski definition) is 0. The van der Waals surface area contributed by atoms with Crippen molar-refractivity contribution >= 4 is 11.8 Å². The smallest absolute Gasteiger partial charge is 0.240 e. The summed E-state index contributed by atoms with van der Waals surface area (Å²) in [5, 5.41) is 0. The first-order chi connectivity index (χ1) is 10.3. The average Bonchev–Trinajstić information content (AvgIpc) is 2.89. The summed E-state index contributed by atoms with van der Waals surface area (Å²) in [4.78, 5) is 0. The Morgan fingerprint density at radius 2 is 1.48 bits per heavy atom. The van der Waals surface area contributed by atoms with Crippen molar-refractivity contribution in [3.05, 3.63) is 18.7 Å². The Bertz CT molecular complexity index is 336. The molecule has 0 amide bonds. The highest BCUT2D eigenvalue weighted by atomic mass is 32.2. The van der Waals surface area contributed by atoms with Gasteiger partial charge in [-0.25, -0.2) is 9.13 Å². The van der Waals surface area contributed by atoms with E-state index in [4.69, 9.17) is 0 Å². The van der Waals surface area contributed by atoms with E-state index in [1.165, 1.54) is 75.7 Å². The summed E-state index contributed by atoms with van der Waals surface area (Å²) in [6, 6.07) is 0. The molecule has 0 N–H and O–H groups in total. The van der Waals surface area contributed by atoms with E-state index in [0.29, 0.717) is 0 Å². The molecule has 0 aliphatic carbocycles. The molecule has 0 fully saturated rings. The van der Waals surface area contributed by atoms with Crippen molar-refractivity contribution in [3.8, 4) is 0 Å². The van der Waals surface area contributed by atoms with Crippen LogP contribution >= 0.6 is 11.8 Å². The fraction of sp³-hybridized carbons (Fsp3) is 0.833. The molecule has 3 heteroatoms. The van der Waals surface area contributed by atoms with Gasteiger partial charge in [-0.2, -0.15) is 11.8 Å². The predicted molar refractivity (Wildman–Crippen MR) is 94.8 cm³/mol. The van der Waals surface area contributed by atoms with Crippen molar-refractivity contribution in [2.24, 2.45) is 7.05 Å². The molecule has 0 saturated carbocycles. The van der Waals surface area contributed by atoms with Gasteiger partial charge in [0, 0.05) is 5.75 Å². The Balaban J connectivity index is 1.74. The van der Waals surface area contributed by atoms with Gasteiger partial charge in [-0.15, -0.1) is 0 Å². The Kier molecular flexibility index (Phi) is 11.7. The summed E-state index contributed by atoms with van der Waals surface area (Å²) >= 11 is 2.10. The number of hydrogen-bond acceptors (Lipinski definition) is 1. The Morgan fingerprint density at radius 1 is 0.857 bits per heavy atom. The molecule has 1 aromatic rings. The van der Waals surface area contributed by atoms with E-state index in [1.54, 1.807) is 0 Å². The van der Waals surface area contributed by atoms with Gasteiger partial charge in [-0.05, 0) is 12.2 Å². The molecular formula is C18H35N2S+. The molecule has 0 aliphatic heterocycles. The summed E-state index contributed by atoms with van der Waals surface area (Å²) in [6.07, 6.45) is 20.8. The van der Waals surface area contributed by atoms with E-state index in [9.17, 15) is 0 Å². The third kappa shape index (κ3) is 10.9. The third-order valence-electron chi connectivity index (χ3n) is 3.96. The average molecular weight is 312 g/mol. The maximum atomic E-state index is 2.29. The molecule has 0 spiro atoms. The highest BCUT2D eigenvalue weighted by molar-refractivity contribution is 7.99. The fourth-order valence-electron chi connectivity index (χ4n) is 2.60. The van der Waals surface area contributed by atoms with E-state index in [2.05, 4.69) is 53.6 Å². The van der Waals surface area contributed by atoms with Crippen LogP contribution < -0.4 is 4.57 Å². The maximum absolute atomic E-state index is 2.29. The van der Waals surface area contributed by atoms with Crippen molar-refractivity contribution < 1.29 is 4.57 Å². The highest BCUT2D eigenvalue weighted by Gasteiger charge is 1.99. The maximum Gasteiger partial charge on any atom is 0.243 e. The van der Waals surface area contributed by atoms with Crippen LogP contribution in [-0.2, 0) is 13.6 Å². The van der Waals surface area contributed by atoms with Gasteiger partial charge >= 0.3 is 0 Å². The molecule has 0 bridgehead atoms. The van der Waals surface area contributed by atoms with Crippen LogP contribution in [0.15, 0.2) is 18.7 Å². The van der Waals surface area contributed by atoms with Gasteiger partial charge in [0.2, 0.25) is 6.33 Å². The Hall–Kier alpha value is -0.440. The Labute approximate surface area is 136 Å². The van der Waals surface area contributed by atoms with Crippen LogP contribution in [0.2, 0.25) is 0 Å². The van der Waals surface area contributed by atoms with Gasteiger partial charge in [0.1, 0.15) is 12.4 Å². The second kappa shape index (κ2) is 13.2. The largest absolute Gasteiger partial charge is 0.243 e. The van der Waals surface area contributed by atoms with E-state index in [-0.39, 0.29) is 0 Å². The minimum absolute atomic E-state index is 1.14. The van der Waals surface area contributed by atoms with E-state index in [1.807, 2.05) is 0 Å². The highest BCUT2D eigenvalue weighted by Crippen LogP contribution is 2.12. The van der Waals surface area contributed by atoms with Crippen molar-refractivity contribution in [3.63, 3.8) is 0 Å². The lowest BCUT2D eigenvalue weighted by atomic mass is 10.1. The second-order valence-corrected chi connectivity index (χ2v) is 7.34. The number of aromatic nitrogens is 2. The van der Waals surface area contributed by atoms with Crippen LogP contribution in [0, 0.1) is 0 Å². The van der Waals surface area contributed by atoms with Crippen molar-refractivity contribution in [2.75, 3.05) is 11.5 Å². The molecule has 21 heavy (non-hydrogen) atoms. The number of thioether (sulfide) groups is 1. The molecule has 0 atom stereocenters. The van der Waals surface area contributed by atoms with Crippen molar-refractivity contribution in [1.82, 2.24) is 4.57 Å². The van der Waals surface area contributed by atoms with Crippen molar-refractivity contribution in [2.45, 2.75) is 77.7 Å². The van der Waals surface area contributed by atoms with Gasteiger partial charge < -0.3 is 0 Å². The zero-order valence-electron chi connectivity index (χ0n) is 14.2. The van der Waals surface area contributed by atoms with Crippen LogP contribution in [0.4, 0.5) is 0 Å². The summed E-state index contributed by atoms with van der Waals surface area (Å²) in [7, 11) is 2.08. The summed E-state index contributed by atoms with van der Waals surface area (Å²) < 4.78 is 4.37. The molecule has 0 radical (unpaired) electrons. The standard InChI is InChI=1S/C18H35N2S/c1-3-4-5-6-7-8-9-10-11-12-16-21-17-15-20-14-13-19(2)18-20/h13-14,18H,3-12,15-17H2,1-2H3/q+1. The molecule has 2 nitrogen and oxygen atoms in total. The Morgan fingerprint density at radius 3 is 2.05 bits per heavy atom. The van der Waals surface area contributed by atoms with Crippen molar-refractivity contribution in [1.29, 1.82) is 0 Å². The molecule has 0 saturated heterocycles. The van der Waals surface area contributed by atoms with Gasteiger partial charge in [-0.1, -0.05) is 64.7 Å². The topological polar surface area (TPSA) is 8.81 Å². The van der Waals surface area contributed by atoms with Gasteiger partial charge in [0.25, 0.3) is 0 Å². The van der Waals surface area contributed by atoms with Gasteiger partial charge in [0.15, 0.2) is 0 Å². The van der Waals surface area contributed by atoms with Crippen LogP contribution in [-0.4, -0.2) is 16.1 Å². The van der Waals surface area contributed by atoms with E-state index < -0.39 is 0 Å². The normalized spacial score (nSPS) is 11.1. The lowest BCUT2D eigenvalue weighted by Gasteiger charge is -2.02. The van der Waals surface area contributed by atoms with E-state index in [0.717, 1.165) is 6.54 Å². The third-order valence-corrected chi connectivity index (χ3v) is 5.01. The zero-order valence-corrected chi connectivity index (χ0v) is 15.0. The van der Waals surface area contributed by atoms with Gasteiger partial charge in [0.05, 0.1) is 13.6 Å². The molecule has 0 unspecified atom stereocenters. The molecule has 0 aromatic carbocycles. The monoisotopic (exact) mass is 311 g/mol. The van der Waals surface area contributed by atoms with Crippen LogP contribution in [0.25, 0.3) is 0 Å². The SMILES string of the molecule is CCCCCCCCCCCCSCCn1cc[n+](C)c1. The molecule has 0 aliphatic rings. The second-order valence-electron chi connectivity index (χ2n) is 6.11. The molecule has 1 aromatic heterocycles. The number of unbranched alkanes of at least 4 members (excludes halogenated alkanes) is 9. The van der Waals surface area contributed by atoms with Crippen LogP contribution in [0.1, 0.15) is 71.1 Å². The number of aryl methyl sites for hydroxylation is 2. The van der Waals surface area contributed by atoms with E-state index >= 15 is 0 Å². The molecule has 122 valence electrons. The predicted octanol–water partition coefficient (Wildman–Crippen LogP) is 4.97. The number of rotatable bonds is 14. The first-order valence-electron chi connectivity index (χ1n) is 8.91. The molecular weight excluding hydrogens is 276 g/mol. The number of nitrogens with zero attached hydrogens (tertiary/aromatic N) is 2. The number of imidazole rings is 1. The fourth-order valence-corrected chi connectivity index (χ4v) is 3.55. The summed E-state index contributed by atoms with van der Waals surface area (Å²) in [5.74, 6) is 2.58. The zero-order chi connectivity index (χ0) is 15.2. The summed E-state index contributed by atoms with van der Waals surface area (Å²) in [5.41, 5.74) is 0. The summed E-state index contributed by atoms with van der Waals surface area (Å²) in [6.45, 7) is 3.43. The molecule has 1 heterocycles. The molecule has 1 rings (SSSR count). The van der Waals surface area contributed by atoms with Crippen LogP contribution in [0.3, 0.4) is 0 Å². The minimum atomic E-state index is 1.14. The first-order valence-corrected chi connectivity index (χ1v) is 10.1. The lowest BCUT2D eigenvalue weighted by molar-refractivity contribution is -0.671. The van der Waals surface area contributed by atoms with Gasteiger partial charge in [-0.3, -0.25) is 0 Å². The van der Waals surface area contributed by atoms with Crippen LogP contribution in [0.5, 0.6) is 0 Å². The minimum Gasteiger partial charge on any atom is -0.240 e. The quantitative estimate of drug-likeness (QED) is 0.348. The lowest BCUT2D eigenvalue weighted by Crippen LogP contribution is -2.23.